The zero-order valence-electron chi connectivity index (χ0n) is 22.5. The van der Waals surface area contributed by atoms with E-state index in [9.17, 15) is 9.59 Å². The molecule has 0 atom stereocenters. The van der Waals surface area contributed by atoms with Crippen LogP contribution in [0.5, 0.6) is 0 Å². The van der Waals surface area contributed by atoms with Gasteiger partial charge in [-0.2, -0.15) is 0 Å². The molecule has 7 heteroatoms. The van der Waals surface area contributed by atoms with Crippen molar-refractivity contribution in [1.82, 2.24) is 15.3 Å². The lowest BCUT2D eigenvalue weighted by Gasteiger charge is -2.32. The molecule has 7 nitrogen and oxygen atoms in total. The zero-order valence-corrected chi connectivity index (χ0v) is 22.5. The molecule has 0 saturated heterocycles. The molecule has 0 aliphatic carbocycles. The Morgan fingerprint density at radius 1 is 0.811 bits per heavy atom. The van der Waals surface area contributed by atoms with Gasteiger partial charge in [-0.05, 0) is 81.5 Å². The van der Waals surface area contributed by atoms with Crippen molar-refractivity contribution in [3.63, 3.8) is 0 Å². The van der Waals surface area contributed by atoms with Crippen LogP contribution in [-0.2, 0) is 31.9 Å². The average molecular weight is 506 g/mol. The van der Waals surface area contributed by atoms with E-state index in [1.807, 2.05) is 64.4 Å². The molecule has 0 unspecified atom stereocenters. The third-order valence-electron chi connectivity index (χ3n) is 6.54. The highest BCUT2D eigenvalue weighted by molar-refractivity contribution is 5.97. The van der Waals surface area contributed by atoms with E-state index in [1.54, 1.807) is 12.4 Å². The summed E-state index contributed by atoms with van der Waals surface area (Å²) in [7, 11) is 0. The van der Waals surface area contributed by atoms with E-state index < -0.39 is 0 Å². The summed E-state index contributed by atoms with van der Waals surface area (Å²) in [5.74, 6) is -1.11. The summed E-state index contributed by atoms with van der Waals surface area (Å²) in [6, 6.07) is 7.94. The third-order valence-corrected chi connectivity index (χ3v) is 6.54. The summed E-state index contributed by atoms with van der Waals surface area (Å²) in [6.45, 7) is 8.41. The maximum atomic E-state index is 13.2. The summed E-state index contributed by atoms with van der Waals surface area (Å²) >= 11 is 0. The number of carbonyl (C=O) groups excluding carboxylic acids is 2. The molecule has 3 rings (SSSR count). The highest BCUT2D eigenvalue weighted by atomic mass is 16.5. The highest BCUT2D eigenvalue weighted by Gasteiger charge is 2.38. The summed E-state index contributed by atoms with van der Waals surface area (Å²) in [5.41, 5.74) is 4.82. The molecule has 1 N–H and O–H groups in total. The first-order valence-electron chi connectivity index (χ1n) is 13.2. The first kappa shape index (κ1) is 28.1. The second-order valence-electron chi connectivity index (χ2n) is 9.83. The number of nitrogens with zero attached hydrogens (tertiary/aromatic N) is 2. The molecule has 1 aliphatic heterocycles. The minimum atomic E-state index is -0.382. The first-order chi connectivity index (χ1) is 17.9. The van der Waals surface area contributed by atoms with Crippen LogP contribution < -0.4 is 5.32 Å². The van der Waals surface area contributed by atoms with Crippen molar-refractivity contribution in [2.75, 3.05) is 13.2 Å². The van der Waals surface area contributed by atoms with Crippen LogP contribution in [0.2, 0.25) is 0 Å². The molecule has 0 radical (unpaired) electrons. The van der Waals surface area contributed by atoms with Gasteiger partial charge in [-0.1, -0.05) is 26.0 Å². The number of dihydropyridines is 1. The van der Waals surface area contributed by atoms with Gasteiger partial charge in [0.15, 0.2) is 0 Å². The predicted octanol–water partition coefficient (Wildman–Crippen LogP) is 5.33. The van der Waals surface area contributed by atoms with Crippen molar-refractivity contribution in [3.8, 4) is 0 Å². The summed E-state index contributed by atoms with van der Waals surface area (Å²) in [4.78, 5) is 34.6. The fourth-order valence-electron chi connectivity index (χ4n) is 4.69. The molecule has 198 valence electrons. The molecule has 0 spiro atoms. The fourth-order valence-corrected chi connectivity index (χ4v) is 4.69. The Bertz CT molecular complexity index is 1010. The number of ether oxygens (including phenoxy) is 2. The summed E-state index contributed by atoms with van der Waals surface area (Å²) in [6.07, 6.45) is 12.3. The molecule has 0 aromatic carbocycles. The number of unbranched alkanes of at least 4 members (excludes halogenated alkanes) is 2. The van der Waals surface area contributed by atoms with Gasteiger partial charge in [-0.3, -0.25) is 9.97 Å². The molecular formula is C30H39N3O4. The van der Waals surface area contributed by atoms with Gasteiger partial charge in [-0.15, -0.1) is 0 Å². The first-order valence-corrected chi connectivity index (χ1v) is 13.2. The third kappa shape index (κ3) is 8.27. The van der Waals surface area contributed by atoms with E-state index >= 15 is 0 Å². The van der Waals surface area contributed by atoms with Gasteiger partial charge in [-0.25, -0.2) is 9.59 Å². The molecule has 2 aromatic rings. The zero-order chi connectivity index (χ0) is 26.6. The molecular weight excluding hydrogens is 466 g/mol. The normalized spacial score (nSPS) is 14.1. The highest BCUT2D eigenvalue weighted by Crippen LogP contribution is 2.36. The van der Waals surface area contributed by atoms with E-state index in [0.29, 0.717) is 24.4 Å². The van der Waals surface area contributed by atoms with Crippen LogP contribution in [0, 0.1) is 11.8 Å². The van der Waals surface area contributed by atoms with E-state index in [2.05, 4.69) is 15.3 Å². The minimum Gasteiger partial charge on any atom is -0.462 e. The molecule has 0 amide bonds. The van der Waals surface area contributed by atoms with Crippen molar-refractivity contribution in [1.29, 1.82) is 0 Å². The van der Waals surface area contributed by atoms with Gasteiger partial charge in [0.1, 0.15) is 0 Å². The molecule has 1 aliphatic rings. The van der Waals surface area contributed by atoms with Gasteiger partial charge >= 0.3 is 11.9 Å². The van der Waals surface area contributed by atoms with E-state index in [4.69, 9.17) is 9.47 Å². The number of hydrogen-bond acceptors (Lipinski definition) is 7. The average Bonchev–Trinajstić information content (AvgIpc) is 2.88. The Balaban J connectivity index is 1.53. The number of aromatic nitrogens is 2. The Hall–Kier alpha value is -3.48. The molecule has 0 bridgehead atoms. The Morgan fingerprint density at radius 2 is 1.27 bits per heavy atom. The number of rotatable bonds is 13. The molecule has 0 saturated carbocycles. The second kappa shape index (κ2) is 14.3. The van der Waals surface area contributed by atoms with Crippen molar-refractivity contribution in [3.05, 3.63) is 82.7 Å². The lowest BCUT2D eigenvalue weighted by Crippen LogP contribution is -2.36. The predicted molar refractivity (Wildman–Crippen MR) is 143 cm³/mol. The number of pyridine rings is 2. The largest absolute Gasteiger partial charge is 0.462 e. The van der Waals surface area contributed by atoms with Crippen LogP contribution in [0.15, 0.2) is 71.6 Å². The second-order valence-corrected chi connectivity index (χ2v) is 9.83. The molecule has 3 heterocycles. The monoisotopic (exact) mass is 505 g/mol. The fraction of sp³-hybridized carbons (Fsp3) is 0.467. The SMILES string of the molecule is CC1=C(C(=O)OCCCCc2cccnc2)C(C(C)C)C(C(=O)OCCCCc2cccnc2)=C(C)N1. The van der Waals surface area contributed by atoms with Crippen LogP contribution >= 0.6 is 0 Å². The van der Waals surface area contributed by atoms with Crippen LogP contribution in [-0.4, -0.2) is 35.1 Å². The maximum absolute atomic E-state index is 13.2. The Labute approximate surface area is 220 Å². The van der Waals surface area contributed by atoms with Crippen molar-refractivity contribution in [2.24, 2.45) is 11.8 Å². The summed E-state index contributed by atoms with van der Waals surface area (Å²) in [5, 5.41) is 3.22. The Morgan fingerprint density at radius 3 is 1.65 bits per heavy atom. The summed E-state index contributed by atoms with van der Waals surface area (Å²) < 4.78 is 11.3. The van der Waals surface area contributed by atoms with E-state index in [-0.39, 0.29) is 23.8 Å². The Kier molecular flexibility index (Phi) is 10.9. The lowest BCUT2D eigenvalue weighted by molar-refractivity contribution is -0.141. The van der Waals surface area contributed by atoms with Gasteiger partial charge in [0.25, 0.3) is 0 Å². The lowest BCUT2D eigenvalue weighted by atomic mass is 9.78. The number of allylic oxidation sites excluding steroid dienone is 2. The number of esters is 2. The van der Waals surface area contributed by atoms with E-state index in [1.165, 1.54) is 11.1 Å². The number of carbonyl (C=O) groups is 2. The van der Waals surface area contributed by atoms with Crippen LogP contribution in [0.4, 0.5) is 0 Å². The van der Waals surface area contributed by atoms with Crippen LogP contribution in [0.1, 0.15) is 64.5 Å². The smallest absolute Gasteiger partial charge is 0.336 e. The maximum Gasteiger partial charge on any atom is 0.336 e. The van der Waals surface area contributed by atoms with Crippen molar-refractivity contribution in [2.45, 2.75) is 66.2 Å². The van der Waals surface area contributed by atoms with Gasteiger partial charge in [0, 0.05) is 42.1 Å². The van der Waals surface area contributed by atoms with Gasteiger partial charge < -0.3 is 14.8 Å². The number of nitrogens with one attached hydrogen (secondary N) is 1. The van der Waals surface area contributed by atoms with Gasteiger partial charge in [0.2, 0.25) is 0 Å². The van der Waals surface area contributed by atoms with Crippen molar-refractivity contribution < 1.29 is 19.1 Å². The quantitative estimate of drug-likeness (QED) is 0.291. The topological polar surface area (TPSA) is 90.4 Å². The van der Waals surface area contributed by atoms with E-state index in [0.717, 1.165) is 49.9 Å². The molecule has 2 aromatic heterocycles. The molecule has 0 fully saturated rings. The minimum absolute atomic E-state index is 0.0215. The van der Waals surface area contributed by atoms with Gasteiger partial charge in [0.05, 0.1) is 24.4 Å². The standard InChI is InChI=1S/C30H39N3O4/c1-21(2)26-27(29(34)36-17-7-5-11-24-13-9-15-31-19-24)22(3)33-23(4)28(26)30(35)37-18-8-6-12-25-14-10-16-32-20-25/h9-10,13-16,19-21,26,33H,5-8,11-12,17-18H2,1-4H3. The van der Waals surface area contributed by atoms with Crippen LogP contribution in [0.25, 0.3) is 0 Å². The molecule has 37 heavy (non-hydrogen) atoms. The van der Waals surface area contributed by atoms with Crippen LogP contribution in [0.3, 0.4) is 0 Å². The number of hydrogen-bond donors (Lipinski definition) is 1. The number of aryl methyl sites for hydroxylation is 2. The van der Waals surface area contributed by atoms with Crippen molar-refractivity contribution >= 4 is 11.9 Å².